The van der Waals surface area contributed by atoms with E-state index in [0.717, 1.165) is 5.56 Å². The number of rotatable bonds is 5. The van der Waals surface area contributed by atoms with Crippen molar-refractivity contribution in [3.05, 3.63) is 65.7 Å². The van der Waals surface area contributed by atoms with Gasteiger partial charge in [0.2, 0.25) is 0 Å². The highest BCUT2D eigenvalue weighted by molar-refractivity contribution is 5.87. The SMILES string of the molecule is COc1ccccc1CC(=O)OC(=O)Cc1ccccc1. The van der Waals surface area contributed by atoms with Gasteiger partial charge in [-0.2, -0.15) is 0 Å². The summed E-state index contributed by atoms with van der Waals surface area (Å²) in [6, 6.07) is 16.3. The van der Waals surface area contributed by atoms with E-state index in [4.69, 9.17) is 9.47 Å². The maximum atomic E-state index is 11.8. The molecule has 0 bridgehead atoms. The number of para-hydroxylation sites is 1. The average molecular weight is 284 g/mol. The topological polar surface area (TPSA) is 52.6 Å². The Bertz CT molecular complexity index is 620. The minimum absolute atomic E-state index is 0.00451. The Kier molecular flexibility index (Phi) is 5.10. The lowest BCUT2D eigenvalue weighted by Gasteiger charge is -2.07. The molecule has 4 heteroatoms. The van der Waals surface area contributed by atoms with E-state index in [1.807, 2.05) is 36.4 Å². The quantitative estimate of drug-likeness (QED) is 0.625. The molecule has 0 amide bonds. The van der Waals surface area contributed by atoms with Crippen LogP contribution in [0.15, 0.2) is 54.6 Å². The van der Waals surface area contributed by atoms with Crippen LogP contribution >= 0.6 is 0 Å². The van der Waals surface area contributed by atoms with Gasteiger partial charge >= 0.3 is 11.9 Å². The minimum Gasteiger partial charge on any atom is -0.496 e. The number of carbonyl (C=O) groups excluding carboxylic acids is 2. The molecule has 0 aliphatic heterocycles. The maximum absolute atomic E-state index is 11.8. The third-order valence-corrected chi connectivity index (χ3v) is 2.95. The molecule has 0 aliphatic carbocycles. The largest absolute Gasteiger partial charge is 0.496 e. The van der Waals surface area contributed by atoms with E-state index in [-0.39, 0.29) is 12.8 Å². The molecule has 0 saturated heterocycles. The number of hydrogen-bond acceptors (Lipinski definition) is 4. The fourth-order valence-electron chi connectivity index (χ4n) is 1.97. The lowest BCUT2D eigenvalue weighted by atomic mass is 10.1. The number of hydrogen-bond donors (Lipinski definition) is 0. The number of carbonyl (C=O) groups is 2. The van der Waals surface area contributed by atoms with Crippen LogP contribution in [0.4, 0.5) is 0 Å². The first kappa shape index (κ1) is 14.8. The van der Waals surface area contributed by atoms with Crippen LogP contribution in [-0.4, -0.2) is 19.0 Å². The van der Waals surface area contributed by atoms with Gasteiger partial charge in [-0.3, -0.25) is 9.59 Å². The van der Waals surface area contributed by atoms with Gasteiger partial charge in [-0.15, -0.1) is 0 Å². The Morgan fingerprint density at radius 3 is 2.19 bits per heavy atom. The third-order valence-electron chi connectivity index (χ3n) is 2.95. The Labute approximate surface area is 123 Å². The minimum atomic E-state index is -0.583. The zero-order chi connectivity index (χ0) is 15.1. The molecule has 0 unspecified atom stereocenters. The van der Waals surface area contributed by atoms with E-state index < -0.39 is 11.9 Å². The Morgan fingerprint density at radius 2 is 1.48 bits per heavy atom. The van der Waals surface area contributed by atoms with Crippen LogP contribution in [0, 0.1) is 0 Å². The summed E-state index contributed by atoms with van der Waals surface area (Å²) in [5.74, 6) is -0.536. The molecule has 4 nitrogen and oxygen atoms in total. The van der Waals surface area contributed by atoms with Crippen molar-refractivity contribution < 1.29 is 19.1 Å². The van der Waals surface area contributed by atoms with E-state index >= 15 is 0 Å². The van der Waals surface area contributed by atoms with Crippen LogP contribution in [0.5, 0.6) is 5.75 Å². The standard InChI is InChI=1S/C17H16O4/c1-20-15-10-6-5-9-14(15)12-17(19)21-16(18)11-13-7-3-2-4-8-13/h2-10H,11-12H2,1H3. The van der Waals surface area contributed by atoms with Gasteiger partial charge < -0.3 is 9.47 Å². The molecule has 0 fully saturated rings. The Balaban J connectivity index is 1.91. The number of benzene rings is 2. The van der Waals surface area contributed by atoms with Crippen molar-refractivity contribution in [2.75, 3.05) is 7.11 Å². The second kappa shape index (κ2) is 7.24. The monoisotopic (exact) mass is 284 g/mol. The van der Waals surface area contributed by atoms with Crippen molar-refractivity contribution in [1.82, 2.24) is 0 Å². The molecule has 108 valence electrons. The fourth-order valence-corrected chi connectivity index (χ4v) is 1.97. The van der Waals surface area contributed by atoms with E-state index in [0.29, 0.717) is 11.3 Å². The second-order valence-corrected chi connectivity index (χ2v) is 4.50. The van der Waals surface area contributed by atoms with Crippen molar-refractivity contribution in [1.29, 1.82) is 0 Å². The summed E-state index contributed by atoms with van der Waals surface area (Å²) in [7, 11) is 1.53. The van der Waals surface area contributed by atoms with Crippen LogP contribution in [0.2, 0.25) is 0 Å². The van der Waals surface area contributed by atoms with Gasteiger partial charge in [0, 0.05) is 5.56 Å². The molecule has 2 aromatic carbocycles. The van der Waals surface area contributed by atoms with E-state index in [1.165, 1.54) is 7.11 Å². The Morgan fingerprint density at radius 1 is 0.857 bits per heavy atom. The van der Waals surface area contributed by atoms with Crippen LogP contribution in [0.3, 0.4) is 0 Å². The lowest BCUT2D eigenvalue weighted by Crippen LogP contribution is -2.16. The molecule has 0 saturated carbocycles. The molecule has 21 heavy (non-hydrogen) atoms. The summed E-state index contributed by atoms with van der Waals surface area (Å²) in [5, 5.41) is 0. The molecule has 0 heterocycles. The molecule has 2 rings (SSSR count). The van der Waals surface area contributed by atoms with Gasteiger partial charge in [0.05, 0.1) is 20.0 Å². The van der Waals surface area contributed by atoms with E-state index in [9.17, 15) is 9.59 Å². The first-order valence-electron chi connectivity index (χ1n) is 6.58. The van der Waals surface area contributed by atoms with Crippen LogP contribution in [0.1, 0.15) is 11.1 Å². The summed E-state index contributed by atoms with van der Waals surface area (Å²) in [6.45, 7) is 0. The molecule has 0 radical (unpaired) electrons. The predicted molar refractivity (Wildman–Crippen MR) is 77.9 cm³/mol. The smallest absolute Gasteiger partial charge is 0.318 e. The van der Waals surface area contributed by atoms with Crippen molar-refractivity contribution in [2.24, 2.45) is 0 Å². The molecule has 0 aromatic heterocycles. The maximum Gasteiger partial charge on any atom is 0.318 e. The highest BCUT2D eigenvalue weighted by Crippen LogP contribution is 2.18. The van der Waals surface area contributed by atoms with Gasteiger partial charge in [0.25, 0.3) is 0 Å². The normalized spacial score (nSPS) is 9.95. The zero-order valence-corrected chi connectivity index (χ0v) is 11.7. The van der Waals surface area contributed by atoms with E-state index in [2.05, 4.69) is 0 Å². The van der Waals surface area contributed by atoms with Crippen molar-refractivity contribution in [3.8, 4) is 5.75 Å². The molecule has 2 aromatic rings. The fraction of sp³-hybridized carbons (Fsp3) is 0.176. The molecule has 0 N–H and O–H groups in total. The average Bonchev–Trinajstić information content (AvgIpc) is 2.48. The zero-order valence-electron chi connectivity index (χ0n) is 11.7. The summed E-state index contributed by atoms with van der Waals surface area (Å²) < 4.78 is 9.98. The molecular formula is C17H16O4. The van der Waals surface area contributed by atoms with Crippen LogP contribution in [0.25, 0.3) is 0 Å². The van der Waals surface area contributed by atoms with E-state index in [1.54, 1.807) is 18.2 Å². The number of esters is 2. The molecular weight excluding hydrogens is 268 g/mol. The number of ether oxygens (including phenoxy) is 2. The predicted octanol–water partition coefficient (Wildman–Crippen LogP) is 2.55. The van der Waals surface area contributed by atoms with Gasteiger partial charge in [0.1, 0.15) is 5.75 Å². The summed E-state index contributed by atoms with van der Waals surface area (Å²) in [5.41, 5.74) is 1.50. The van der Waals surface area contributed by atoms with Gasteiger partial charge in [-0.05, 0) is 11.6 Å². The second-order valence-electron chi connectivity index (χ2n) is 4.50. The first-order valence-corrected chi connectivity index (χ1v) is 6.58. The Hall–Kier alpha value is -2.62. The molecule has 0 aliphatic rings. The lowest BCUT2D eigenvalue weighted by molar-refractivity contribution is -0.158. The van der Waals surface area contributed by atoms with Crippen molar-refractivity contribution in [3.63, 3.8) is 0 Å². The van der Waals surface area contributed by atoms with Crippen LogP contribution < -0.4 is 4.74 Å². The van der Waals surface area contributed by atoms with Gasteiger partial charge in [-0.25, -0.2) is 0 Å². The van der Waals surface area contributed by atoms with Crippen molar-refractivity contribution >= 4 is 11.9 Å². The first-order chi connectivity index (χ1) is 10.2. The number of methoxy groups -OCH3 is 1. The molecule has 0 spiro atoms. The van der Waals surface area contributed by atoms with Gasteiger partial charge in [0.15, 0.2) is 0 Å². The highest BCUT2D eigenvalue weighted by atomic mass is 16.6. The van der Waals surface area contributed by atoms with Crippen molar-refractivity contribution in [2.45, 2.75) is 12.8 Å². The summed E-state index contributed by atoms with van der Waals surface area (Å²) >= 11 is 0. The highest BCUT2D eigenvalue weighted by Gasteiger charge is 2.14. The summed E-state index contributed by atoms with van der Waals surface area (Å²) in [6.07, 6.45) is 0.0864. The third kappa shape index (κ3) is 4.45. The van der Waals surface area contributed by atoms with Gasteiger partial charge in [-0.1, -0.05) is 48.5 Å². The summed E-state index contributed by atoms with van der Waals surface area (Å²) in [4.78, 5) is 23.5. The molecule has 0 atom stereocenters. The van der Waals surface area contributed by atoms with Crippen LogP contribution in [-0.2, 0) is 27.2 Å².